The molecule has 0 radical (unpaired) electrons. The Morgan fingerprint density at radius 2 is 1.88 bits per heavy atom. The number of benzene rings is 1. The number of fused-ring (bicyclic) bond motifs is 1. The molecular weight excluding hydrogens is 212 g/mol. The highest BCUT2D eigenvalue weighted by Gasteiger charge is 2.75. The molecule has 1 aromatic rings. The highest BCUT2D eigenvalue weighted by molar-refractivity contribution is 6.16. The number of carbonyl (C=O) groups is 2. The summed E-state index contributed by atoms with van der Waals surface area (Å²) >= 11 is 0. The van der Waals surface area contributed by atoms with Crippen molar-refractivity contribution in [2.24, 2.45) is 17.8 Å². The predicted molar refractivity (Wildman–Crippen MR) is 62.4 cm³/mol. The molecule has 0 aliphatic heterocycles. The van der Waals surface area contributed by atoms with Crippen molar-refractivity contribution in [1.82, 2.24) is 0 Å². The number of Topliss-reactive ketones (excluding diaryl/α,β-unsaturated/α-hetero) is 1. The van der Waals surface area contributed by atoms with E-state index in [2.05, 4.69) is 0 Å². The molecule has 2 heteroatoms. The van der Waals surface area contributed by atoms with Crippen molar-refractivity contribution >= 4 is 11.6 Å². The van der Waals surface area contributed by atoms with Gasteiger partial charge in [-0.1, -0.05) is 36.4 Å². The first-order chi connectivity index (χ1) is 8.26. The third-order valence-corrected chi connectivity index (χ3v) is 4.71. The highest BCUT2D eigenvalue weighted by Crippen LogP contribution is 2.70. The van der Waals surface area contributed by atoms with E-state index in [9.17, 15) is 9.59 Å². The molecule has 0 spiro atoms. The molecule has 4 aliphatic carbocycles. The van der Waals surface area contributed by atoms with E-state index < -0.39 is 0 Å². The van der Waals surface area contributed by atoms with Crippen LogP contribution in [0, 0.1) is 17.8 Å². The Labute approximate surface area is 99.3 Å². The van der Waals surface area contributed by atoms with Gasteiger partial charge in [0.15, 0.2) is 11.6 Å². The molecule has 0 N–H and O–H groups in total. The van der Waals surface area contributed by atoms with Crippen LogP contribution in [0.5, 0.6) is 0 Å². The van der Waals surface area contributed by atoms with Crippen molar-refractivity contribution in [1.29, 1.82) is 0 Å². The summed E-state index contributed by atoms with van der Waals surface area (Å²) in [6.07, 6.45) is 4.35. The van der Waals surface area contributed by atoms with Crippen LogP contribution >= 0.6 is 0 Å². The van der Waals surface area contributed by atoms with E-state index in [1.807, 2.05) is 36.4 Å². The minimum absolute atomic E-state index is 0.0119. The zero-order valence-corrected chi connectivity index (χ0v) is 9.30. The molecule has 0 unspecified atom stereocenters. The van der Waals surface area contributed by atoms with Gasteiger partial charge in [0.05, 0.1) is 11.3 Å². The lowest BCUT2D eigenvalue weighted by Crippen LogP contribution is -2.28. The van der Waals surface area contributed by atoms with Crippen LogP contribution < -0.4 is 0 Å². The highest BCUT2D eigenvalue weighted by atomic mass is 16.2. The van der Waals surface area contributed by atoms with Crippen molar-refractivity contribution in [2.75, 3.05) is 0 Å². The normalized spacial score (nSPS) is 41.5. The second kappa shape index (κ2) is 2.76. The third kappa shape index (κ3) is 0.890. The van der Waals surface area contributed by atoms with Crippen molar-refractivity contribution in [3.05, 3.63) is 48.0 Å². The molecule has 0 aromatic heterocycles. The molecule has 1 aromatic carbocycles. The summed E-state index contributed by atoms with van der Waals surface area (Å²) in [6.45, 7) is 0. The van der Waals surface area contributed by atoms with Gasteiger partial charge >= 0.3 is 0 Å². The van der Waals surface area contributed by atoms with Crippen LogP contribution in [0.3, 0.4) is 0 Å². The smallest absolute Gasteiger partial charge is 0.165 e. The minimum atomic E-state index is -0.366. The Bertz CT molecular complexity index is 558. The average molecular weight is 224 g/mol. The van der Waals surface area contributed by atoms with Gasteiger partial charge in [0.2, 0.25) is 0 Å². The molecule has 5 rings (SSSR count). The third-order valence-electron chi connectivity index (χ3n) is 4.71. The van der Waals surface area contributed by atoms with Crippen LogP contribution in [-0.4, -0.2) is 11.6 Å². The Morgan fingerprint density at radius 3 is 2.65 bits per heavy atom. The van der Waals surface area contributed by atoms with Crippen molar-refractivity contribution in [2.45, 2.75) is 11.8 Å². The molecule has 0 saturated heterocycles. The summed E-state index contributed by atoms with van der Waals surface area (Å²) in [7, 11) is 0. The van der Waals surface area contributed by atoms with E-state index in [0.717, 1.165) is 12.0 Å². The van der Waals surface area contributed by atoms with Gasteiger partial charge in [-0.3, -0.25) is 9.59 Å². The molecule has 2 nitrogen and oxygen atoms in total. The average Bonchev–Trinajstić information content (AvgIpc) is 2.97. The lowest BCUT2D eigenvalue weighted by atomic mass is 9.86. The fraction of sp³-hybridized carbons (Fsp3) is 0.333. The van der Waals surface area contributed by atoms with Crippen LogP contribution in [0.15, 0.2) is 42.5 Å². The summed E-state index contributed by atoms with van der Waals surface area (Å²) in [5.74, 6) is 0.437. The van der Waals surface area contributed by atoms with Gasteiger partial charge in [-0.15, -0.1) is 0 Å². The second-order valence-corrected chi connectivity index (χ2v) is 5.28. The maximum atomic E-state index is 12.5. The van der Waals surface area contributed by atoms with E-state index in [4.69, 9.17) is 0 Å². The fourth-order valence-corrected chi connectivity index (χ4v) is 3.93. The Morgan fingerprint density at radius 1 is 1.12 bits per heavy atom. The summed E-state index contributed by atoms with van der Waals surface area (Å²) in [6, 6.07) is 9.96. The van der Waals surface area contributed by atoms with Crippen LogP contribution in [-0.2, 0) is 15.0 Å². The maximum absolute atomic E-state index is 12.5. The molecular formula is C15H12O2. The van der Waals surface area contributed by atoms with E-state index in [1.165, 1.54) is 0 Å². The van der Waals surface area contributed by atoms with E-state index in [0.29, 0.717) is 5.92 Å². The quantitative estimate of drug-likeness (QED) is 0.683. The molecule has 84 valence electrons. The van der Waals surface area contributed by atoms with E-state index >= 15 is 0 Å². The summed E-state index contributed by atoms with van der Waals surface area (Å²) < 4.78 is 0. The van der Waals surface area contributed by atoms with Crippen LogP contribution in [0.4, 0.5) is 0 Å². The molecule has 0 amide bonds. The zero-order valence-electron chi connectivity index (χ0n) is 9.30. The Kier molecular flexibility index (Phi) is 1.51. The van der Waals surface area contributed by atoms with Gasteiger partial charge in [-0.05, 0) is 29.9 Å². The van der Waals surface area contributed by atoms with Crippen LogP contribution in [0.25, 0.3) is 0 Å². The monoisotopic (exact) mass is 224 g/mol. The molecule has 4 bridgehead atoms. The molecule has 4 aliphatic rings. The molecule has 17 heavy (non-hydrogen) atoms. The summed E-state index contributed by atoms with van der Waals surface area (Å²) in [4.78, 5) is 24.3. The number of rotatable bonds is 1. The first-order valence-corrected chi connectivity index (χ1v) is 6.08. The molecule has 4 atom stereocenters. The number of carbonyl (C=O) groups excluding carboxylic acids is 2. The molecule has 0 heterocycles. The van der Waals surface area contributed by atoms with Crippen molar-refractivity contribution < 1.29 is 9.59 Å². The number of hydrogen-bond acceptors (Lipinski definition) is 2. The predicted octanol–water partition coefficient (Wildman–Crippen LogP) is 1.90. The van der Waals surface area contributed by atoms with Crippen LogP contribution in [0.2, 0.25) is 0 Å². The lowest BCUT2D eigenvalue weighted by molar-refractivity contribution is -0.130. The van der Waals surface area contributed by atoms with Gasteiger partial charge in [0.1, 0.15) is 0 Å². The zero-order chi connectivity index (χ0) is 11.6. The topological polar surface area (TPSA) is 34.1 Å². The maximum Gasteiger partial charge on any atom is 0.165 e. The standard InChI is InChI=1S/C15H12O2/c16-13-7-6-11-12-8-10(13)14(17)15(11,12)9-4-2-1-3-5-9/h1-7,10-12H,8H2/t10-,11-,12+,15-/m1/s1. The number of allylic oxidation sites excluding steroid dienone is 2. The Balaban J connectivity index is 1.91. The fourth-order valence-electron chi connectivity index (χ4n) is 3.93. The summed E-state index contributed by atoms with van der Waals surface area (Å²) in [5.41, 5.74) is 0.746. The Hall–Kier alpha value is -1.70. The summed E-state index contributed by atoms with van der Waals surface area (Å²) in [5, 5.41) is 0. The van der Waals surface area contributed by atoms with Gasteiger partial charge < -0.3 is 0 Å². The minimum Gasteiger partial charge on any atom is -0.298 e. The van der Waals surface area contributed by atoms with E-state index in [1.54, 1.807) is 6.08 Å². The van der Waals surface area contributed by atoms with Gasteiger partial charge in [-0.2, -0.15) is 0 Å². The van der Waals surface area contributed by atoms with Gasteiger partial charge in [0, 0.05) is 0 Å². The first-order valence-electron chi connectivity index (χ1n) is 6.08. The molecule has 2 fully saturated rings. The molecule has 2 saturated carbocycles. The lowest BCUT2D eigenvalue weighted by Gasteiger charge is -2.14. The number of ketones is 2. The van der Waals surface area contributed by atoms with Gasteiger partial charge in [-0.25, -0.2) is 0 Å². The van der Waals surface area contributed by atoms with Crippen molar-refractivity contribution in [3.8, 4) is 0 Å². The first kappa shape index (κ1) is 9.34. The van der Waals surface area contributed by atoms with Crippen LogP contribution in [0.1, 0.15) is 12.0 Å². The van der Waals surface area contributed by atoms with E-state index in [-0.39, 0.29) is 28.8 Å². The second-order valence-electron chi connectivity index (χ2n) is 5.28. The largest absolute Gasteiger partial charge is 0.298 e. The number of hydrogen-bond donors (Lipinski definition) is 0. The van der Waals surface area contributed by atoms with Gasteiger partial charge in [0.25, 0.3) is 0 Å². The van der Waals surface area contributed by atoms with Crippen molar-refractivity contribution in [3.63, 3.8) is 0 Å². The SMILES string of the molecule is O=C1C=C[C@@H]2[C@@H]3C[C@H]1C(=O)[C@]23c1ccccc1.